The zero-order valence-electron chi connectivity index (χ0n) is 2.69. The molecule has 0 aromatic heterocycles. The Labute approximate surface area is 28.8 Å². The topological polar surface area (TPSA) is 9.23 Å². The van der Waals surface area contributed by atoms with E-state index >= 15 is 0 Å². The van der Waals surface area contributed by atoms with E-state index in [1.165, 1.54) is 6.26 Å². The fourth-order valence-corrected chi connectivity index (χ4v) is 0. The summed E-state index contributed by atoms with van der Waals surface area (Å²) >= 11 is 0. The van der Waals surface area contributed by atoms with Crippen molar-refractivity contribution in [3.8, 4) is 0 Å². The van der Waals surface area contributed by atoms with Gasteiger partial charge in [0.25, 0.3) is 0 Å². The van der Waals surface area contributed by atoms with Gasteiger partial charge in [0.1, 0.15) is 0 Å². The van der Waals surface area contributed by atoms with E-state index < -0.39 is 0 Å². The maximum atomic E-state index is 4.44. The summed E-state index contributed by atoms with van der Waals surface area (Å²) < 4.78 is 4.44. The summed E-state index contributed by atoms with van der Waals surface area (Å²) in [6, 6.07) is 0. The molecule has 0 atom stereocenters. The van der Waals surface area contributed by atoms with Gasteiger partial charge in [-0.15, -0.1) is 0 Å². The lowest BCUT2D eigenvalue weighted by Crippen LogP contribution is -1.59. The number of hydrogen-bond donors (Lipinski definition) is 0. The van der Waals surface area contributed by atoms with E-state index in [-0.39, 0.29) is 0 Å². The van der Waals surface area contributed by atoms with Crippen LogP contribution in [0, 0.1) is 0 Å². The molecule has 0 radical (unpaired) electrons. The van der Waals surface area contributed by atoms with E-state index in [0.29, 0.717) is 0 Å². The first-order valence-electron chi connectivity index (χ1n) is 1.05. The Kier molecular flexibility index (Phi) is 2.59. The summed E-state index contributed by atoms with van der Waals surface area (Å²) in [6.07, 6.45) is 1.44. The molecule has 0 aliphatic rings. The monoisotopic (exact) mass is 74.0 g/mol. The van der Waals surface area contributed by atoms with E-state index in [4.69, 9.17) is 0 Å². The third-order valence-corrected chi connectivity index (χ3v) is 0.500. The van der Waals surface area contributed by atoms with Crippen LogP contribution in [0.15, 0.2) is 12.8 Å². The molecule has 2 heteroatoms. The van der Waals surface area contributed by atoms with Crippen LogP contribution >= 0.6 is 0 Å². The Balaban J connectivity index is 2.30. The molecular weight excluding hydrogens is 68.1 g/mol. The van der Waals surface area contributed by atoms with E-state index in [1.54, 1.807) is 0 Å². The number of rotatable bonds is 1. The highest BCUT2D eigenvalue weighted by Gasteiger charge is 1.36. The lowest BCUT2D eigenvalue weighted by atomic mass is 11.2. The molecule has 0 bridgehead atoms. The highest BCUT2D eigenvalue weighted by molar-refractivity contribution is 5.98. The van der Waals surface area contributed by atoms with Gasteiger partial charge in [-0.3, -0.25) is 0 Å². The Bertz CT molecular complexity index is 20.0. The fraction of sp³-hybridized carbons (Fsp3) is 0. The molecule has 0 fully saturated rings. The molecule has 0 rings (SSSR count). The summed E-state index contributed by atoms with van der Waals surface area (Å²) in [5, 5.41) is 0. The van der Waals surface area contributed by atoms with Gasteiger partial charge in [-0.05, 0) is 0 Å². The highest BCUT2D eigenvalue weighted by Crippen LogP contribution is 1.50. The van der Waals surface area contributed by atoms with Crippen LogP contribution in [0.3, 0.4) is 0 Å². The second kappa shape index (κ2) is 2.76. The maximum absolute atomic E-state index is 4.44. The minimum atomic E-state index is 0.772. The molecule has 0 aliphatic heterocycles. The van der Waals surface area contributed by atoms with Gasteiger partial charge in [-0.2, -0.15) is 0 Å². The lowest BCUT2D eigenvalue weighted by molar-refractivity contribution is 0.537. The average Bonchev–Trinajstić information content (AvgIpc) is 1.37. The van der Waals surface area contributed by atoms with Crippen molar-refractivity contribution in [2.24, 2.45) is 0 Å². The SMILES string of the molecule is C=CO[SiH3]. The second-order valence-corrected chi connectivity index (χ2v) is 0.874. The van der Waals surface area contributed by atoms with E-state index in [2.05, 4.69) is 11.0 Å². The maximum Gasteiger partial charge on any atom is 0.203 e. The molecule has 0 unspecified atom stereocenters. The van der Waals surface area contributed by atoms with E-state index in [0.717, 1.165) is 10.5 Å². The van der Waals surface area contributed by atoms with Gasteiger partial charge in [0.2, 0.25) is 10.5 Å². The quantitative estimate of drug-likeness (QED) is 0.299. The summed E-state index contributed by atoms with van der Waals surface area (Å²) in [5.41, 5.74) is 0. The molecule has 0 amide bonds. The van der Waals surface area contributed by atoms with Crippen LogP contribution in [0.5, 0.6) is 0 Å². The minimum absolute atomic E-state index is 0.772. The molecular formula is C2H6OSi. The molecule has 1 nitrogen and oxygen atoms in total. The predicted molar refractivity (Wildman–Crippen MR) is 21.2 cm³/mol. The van der Waals surface area contributed by atoms with Crippen LogP contribution in [0.4, 0.5) is 0 Å². The molecule has 0 saturated carbocycles. The van der Waals surface area contributed by atoms with Gasteiger partial charge in [0.05, 0.1) is 6.26 Å². The minimum Gasteiger partial charge on any atom is -0.559 e. The van der Waals surface area contributed by atoms with Gasteiger partial charge < -0.3 is 4.43 Å². The molecule has 0 aromatic rings. The van der Waals surface area contributed by atoms with Gasteiger partial charge in [-0.1, -0.05) is 6.58 Å². The zero-order valence-corrected chi connectivity index (χ0v) is 4.69. The van der Waals surface area contributed by atoms with Crippen molar-refractivity contribution in [3.63, 3.8) is 0 Å². The van der Waals surface area contributed by atoms with Crippen molar-refractivity contribution < 1.29 is 4.43 Å². The second-order valence-electron chi connectivity index (χ2n) is 0.402. The van der Waals surface area contributed by atoms with Crippen molar-refractivity contribution in [1.82, 2.24) is 0 Å². The Morgan fingerprint density at radius 2 is 2.25 bits per heavy atom. The van der Waals surface area contributed by atoms with Gasteiger partial charge in [-0.25, -0.2) is 0 Å². The van der Waals surface area contributed by atoms with Crippen LogP contribution in [-0.4, -0.2) is 10.5 Å². The van der Waals surface area contributed by atoms with E-state index in [1.807, 2.05) is 0 Å². The molecule has 0 N–H and O–H groups in total. The average molecular weight is 74.2 g/mol. The first-order chi connectivity index (χ1) is 1.91. The number of hydrogen-bond acceptors (Lipinski definition) is 1. The molecule has 0 saturated heterocycles. The molecule has 24 valence electrons. The third kappa shape index (κ3) is 1.76. The third-order valence-electron chi connectivity index (χ3n) is 0.167. The molecule has 4 heavy (non-hydrogen) atoms. The molecule has 0 aliphatic carbocycles. The highest BCUT2D eigenvalue weighted by atomic mass is 28.2. The van der Waals surface area contributed by atoms with Crippen LogP contribution < -0.4 is 0 Å². The Hall–Kier alpha value is -0.243. The smallest absolute Gasteiger partial charge is 0.203 e. The largest absolute Gasteiger partial charge is 0.559 e. The normalized spacial score (nSPS) is 6.00. The predicted octanol–water partition coefficient (Wildman–Crippen LogP) is -0.573. The lowest BCUT2D eigenvalue weighted by Gasteiger charge is -1.74. The van der Waals surface area contributed by atoms with Crippen molar-refractivity contribution in [2.45, 2.75) is 0 Å². The standard InChI is InChI=1S/C2H6OSi/c1-2-3-4/h2H,1H2,4H3. The summed E-state index contributed by atoms with van der Waals surface area (Å²) in [4.78, 5) is 0. The summed E-state index contributed by atoms with van der Waals surface area (Å²) in [7, 11) is 0.772. The van der Waals surface area contributed by atoms with Crippen molar-refractivity contribution >= 4 is 10.5 Å². The summed E-state index contributed by atoms with van der Waals surface area (Å²) in [5.74, 6) is 0. The van der Waals surface area contributed by atoms with Crippen LogP contribution in [0.25, 0.3) is 0 Å². The van der Waals surface area contributed by atoms with Crippen LogP contribution in [0.2, 0.25) is 0 Å². The molecule has 0 heterocycles. The fourth-order valence-electron chi connectivity index (χ4n) is 0. The van der Waals surface area contributed by atoms with Crippen LogP contribution in [-0.2, 0) is 4.43 Å². The molecule has 0 aromatic carbocycles. The Morgan fingerprint density at radius 1 is 2.00 bits per heavy atom. The van der Waals surface area contributed by atoms with Crippen molar-refractivity contribution in [3.05, 3.63) is 12.8 Å². The zero-order chi connectivity index (χ0) is 3.41. The first-order valence-corrected chi connectivity index (χ1v) is 1.87. The van der Waals surface area contributed by atoms with Gasteiger partial charge >= 0.3 is 0 Å². The molecule has 0 spiro atoms. The Morgan fingerprint density at radius 3 is 2.25 bits per heavy atom. The van der Waals surface area contributed by atoms with Crippen LogP contribution in [0.1, 0.15) is 0 Å². The van der Waals surface area contributed by atoms with Gasteiger partial charge in [0, 0.05) is 0 Å². The van der Waals surface area contributed by atoms with Crippen molar-refractivity contribution in [1.29, 1.82) is 0 Å². The summed E-state index contributed by atoms with van der Waals surface area (Å²) in [6.45, 7) is 3.29. The van der Waals surface area contributed by atoms with Crippen molar-refractivity contribution in [2.75, 3.05) is 0 Å². The van der Waals surface area contributed by atoms with Gasteiger partial charge in [0.15, 0.2) is 0 Å². The van der Waals surface area contributed by atoms with E-state index in [9.17, 15) is 0 Å². The first kappa shape index (κ1) is 3.76.